The van der Waals surface area contributed by atoms with Crippen LogP contribution in [0.25, 0.3) is 0 Å². The van der Waals surface area contributed by atoms with Crippen LogP contribution >= 0.6 is 23.4 Å². The Morgan fingerprint density at radius 2 is 2.26 bits per heavy atom. The van der Waals surface area contributed by atoms with Crippen molar-refractivity contribution in [1.29, 1.82) is 0 Å². The van der Waals surface area contributed by atoms with E-state index >= 15 is 0 Å². The second-order valence-electron chi connectivity index (χ2n) is 4.98. The van der Waals surface area contributed by atoms with E-state index in [4.69, 9.17) is 16.7 Å². The van der Waals surface area contributed by atoms with Crippen LogP contribution in [-0.4, -0.2) is 38.1 Å². The van der Waals surface area contributed by atoms with Crippen LogP contribution in [0.5, 0.6) is 0 Å². The number of halogens is 4. The Morgan fingerprint density at radius 3 is 2.78 bits per heavy atom. The van der Waals surface area contributed by atoms with Gasteiger partial charge in [0.15, 0.2) is 0 Å². The molecule has 10 heteroatoms. The number of aromatic nitrogens is 1. The summed E-state index contributed by atoms with van der Waals surface area (Å²) in [4.78, 5) is 23.9. The topological polar surface area (TPSA) is 71.3 Å². The predicted molar refractivity (Wildman–Crippen MR) is 81.8 cm³/mol. The molecule has 1 aliphatic rings. The standard InChI is InChI=1S/C13H14ClF3N2O3S/c14-11-8(15)2-9(23-11)12(21)18-7-1-6(5-20)13(22)19(3-7)4-10(16)17/h1,3,8-11,20H,2,4-5H2,(H,18,21). The summed E-state index contributed by atoms with van der Waals surface area (Å²) in [6.07, 6.45) is -3.05. The molecule has 3 atom stereocenters. The van der Waals surface area contributed by atoms with Crippen molar-refractivity contribution in [1.82, 2.24) is 4.57 Å². The van der Waals surface area contributed by atoms with E-state index in [0.29, 0.717) is 0 Å². The van der Waals surface area contributed by atoms with E-state index in [-0.39, 0.29) is 17.7 Å². The first-order valence-corrected chi connectivity index (χ1v) is 8.06. The van der Waals surface area contributed by atoms with Gasteiger partial charge in [-0.05, 0) is 6.07 Å². The predicted octanol–water partition coefficient (Wildman–Crippen LogP) is 1.95. The summed E-state index contributed by atoms with van der Waals surface area (Å²) >= 11 is 6.67. The molecule has 2 heterocycles. The van der Waals surface area contributed by atoms with Gasteiger partial charge in [-0.2, -0.15) is 0 Å². The van der Waals surface area contributed by atoms with Gasteiger partial charge in [0.1, 0.15) is 10.9 Å². The highest BCUT2D eigenvalue weighted by Crippen LogP contribution is 2.38. The first-order valence-electron chi connectivity index (χ1n) is 6.68. The van der Waals surface area contributed by atoms with E-state index in [1.54, 1.807) is 0 Å². The van der Waals surface area contributed by atoms with Gasteiger partial charge in [0, 0.05) is 18.2 Å². The molecule has 0 saturated carbocycles. The lowest BCUT2D eigenvalue weighted by Crippen LogP contribution is -2.29. The average Bonchev–Trinajstić information content (AvgIpc) is 2.81. The number of nitrogens with zero attached hydrogens (tertiary/aromatic N) is 1. The summed E-state index contributed by atoms with van der Waals surface area (Å²) in [5.41, 5.74) is -0.805. The first kappa shape index (κ1) is 18.2. The molecule has 1 saturated heterocycles. The lowest BCUT2D eigenvalue weighted by molar-refractivity contribution is -0.115. The summed E-state index contributed by atoms with van der Waals surface area (Å²) in [6.45, 7) is -1.51. The molecule has 0 bridgehead atoms. The third-order valence-electron chi connectivity index (χ3n) is 3.24. The molecule has 2 N–H and O–H groups in total. The zero-order valence-corrected chi connectivity index (χ0v) is 13.3. The van der Waals surface area contributed by atoms with Crippen LogP contribution in [0.3, 0.4) is 0 Å². The average molecular weight is 371 g/mol. The summed E-state index contributed by atoms with van der Waals surface area (Å²) in [5, 5.41) is 10.9. The number of amides is 1. The smallest absolute Gasteiger partial charge is 0.256 e. The Bertz CT molecular complexity index is 633. The van der Waals surface area contributed by atoms with E-state index in [9.17, 15) is 22.8 Å². The third kappa shape index (κ3) is 4.42. The van der Waals surface area contributed by atoms with E-state index < -0.39 is 47.2 Å². The molecule has 128 valence electrons. The maximum Gasteiger partial charge on any atom is 0.256 e. The largest absolute Gasteiger partial charge is 0.391 e. The molecular formula is C13H14ClF3N2O3S. The normalized spacial score (nSPS) is 24.2. The molecule has 5 nitrogen and oxygen atoms in total. The van der Waals surface area contributed by atoms with Crippen molar-refractivity contribution in [2.75, 3.05) is 5.32 Å². The summed E-state index contributed by atoms with van der Waals surface area (Å²) < 4.78 is 38.2. The number of hydrogen-bond acceptors (Lipinski definition) is 4. The van der Waals surface area contributed by atoms with Crippen LogP contribution in [0.4, 0.5) is 18.9 Å². The number of alkyl halides is 4. The molecule has 0 radical (unpaired) electrons. The number of carbonyl (C=O) groups excluding carboxylic acids is 1. The van der Waals surface area contributed by atoms with Gasteiger partial charge in [0.25, 0.3) is 12.0 Å². The molecule has 2 rings (SSSR count). The highest BCUT2D eigenvalue weighted by molar-refractivity contribution is 8.02. The number of pyridine rings is 1. The monoisotopic (exact) mass is 370 g/mol. The molecule has 1 aromatic heterocycles. The number of thioether (sulfide) groups is 1. The molecule has 1 aromatic rings. The minimum atomic E-state index is -2.76. The second kappa shape index (κ2) is 7.59. The minimum Gasteiger partial charge on any atom is -0.391 e. The quantitative estimate of drug-likeness (QED) is 0.777. The lowest BCUT2D eigenvalue weighted by atomic mass is 10.2. The van der Waals surface area contributed by atoms with Crippen LogP contribution in [0, 0.1) is 0 Å². The number of hydrogen-bond donors (Lipinski definition) is 2. The summed E-state index contributed by atoms with van der Waals surface area (Å²) in [5.74, 6) is -0.535. The van der Waals surface area contributed by atoms with Gasteiger partial charge in [-0.1, -0.05) is 0 Å². The van der Waals surface area contributed by atoms with Crippen molar-refractivity contribution in [2.24, 2.45) is 0 Å². The number of rotatable bonds is 5. The van der Waals surface area contributed by atoms with E-state index in [0.717, 1.165) is 22.5 Å². The molecule has 23 heavy (non-hydrogen) atoms. The van der Waals surface area contributed by atoms with Crippen molar-refractivity contribution >= 4 is 35.0 Å². The second-order valence-corrected chi connectivity index (χ2v) is 7.06. The van der Waals surface area contributed by atoms with E-state index in [2.05, 4.69) is 5.32 Å². The van der Waals surface area contributed by atoms with Crippen molar-refractivity contribution in [3.63, 3.8) is 0 Å². The fourth-order valence-electron chi connectivity index (χ4n) is 2.16. The summed E-state index contributed by atoms with van der Waals surface area (Å²) in [6, 6.07) is 1.20. The highest BCUT2D eigenvalue weighted by Gasteiger charge is 2.37. The van der Waals surface area contributed by atoms with Gasteiger partial charge in [-0.15, -0.1) is 23.4 Å². The molecule has 0 spiro atoms. The van der Waals surface area contributed by atoms with Gasteiger partial charge in [0.2, 0.25) is 5.91 Å². The Morgan fingerprint density at radius 1 is 1.57 bits per heavy atom. The Hall–Kier alpha value is -1.19. The Kier molecular flexibility index (Phi) is 5.99. The van der Waals surface area contributed by atoms with Crippen LogP contribution in [0.2, 0.25) is 0 Å². The summed E-state index contributed by atoms with van der Waals surface area (Å²) in [7, 11) is 0. The minimum absolute atomic E-state index is 0.0474. The highest BCUT2D eigenvalue weighted by atomic mass is 35.5. The number of carbonyl (C=O) groups is 1. The molecule has 1 aliphatic heterocycles. The Balaban J connectivity index is 2.19. The van der Waals surface area contributed by atoms with Gasteiger partial charge in [-0.25, -0.2) is 13.2 Å². The van der Waals surface area contributed by atoms with Crippen molar-refractivity contribution < 1.29 is 23.1 Å². The number of aliphatic hydroxyl groups excluding tert-OH is 1. The van der Waals surface area contributed by atoms with Crippen molar-refractivity contribution in [3.8, 4) is 0 Å². The first-order chi connectivity index (χ1) is 10.8. The maximum absolute atomic E-state index is 13.4. The van der Waals surface area contributed by atoms with E-state index in [1.165, 1.54) is 6.07 Å². The SMILES string of the molecule is O=C(Nc1cc(CO)c(=O)n(CC(F)F)c1)C1CC(F)C(Cl)S1. The maximum atomic E-state index is 13.4. The van der Waals surface area contributed by atoms with Gasteiger partial charge in [0.05, 0.1) is 24.1 Å². The lowest BCUT2D eigenvalue weighted by Gasteiger charge is -2.13. The molecule has 0 aromatic carbocycles. The molecular weight excluding hydrogens is 357 g/mol. The fraction of sp³-hybridized carbons (Fsp3) is 0.538. The van der Waals surface area contributed by atoms with Crippen molar-refractivity contribution in [2.45, 2.75) is 42.1 Å². The van der Waals surface area contributed by atoms with Crippen LogP contribution in [-0.2, 0) is 17.9 Å². The molecule has 1 amide bonds. The third-order valence-corrected chi connectivity index (χ3v) is 5.12. The van der Waals surface area contributed by atoms with Gasteiger partial charge >= 0.3 is 0 Å². The molecule has 3 unspecified atom stereocenters. The molecule has 1 fully saturated rings. The number of anilines is 1. The van der Waals surface area contributed by atoms with Crippen LogP contribution < -0.4 is 10.9 Å². The van der Waals surface area contributed by atoms with Crippen LogP contribution in [0.1, 0.15) is 12.0 Å². The zero-order valence-electron chi connectivity index (χ0n) is 11.7. The Labute approximate surface area is 138 Å². The van der Waals surface area contributed by atoms with Crippen molar-refractivity contribution in [3.05, 3.63) is 28.2 Å². The van der Waals surface area contributed by atoms with Gasteiger partial charge in [-0.3, -0.25) is 9.59 Å². The number of nitrogens with one attached hydrogen (secondary N) is 1. The fourth-order valence-corrected chi connectivity index (χ4v) is 3.71. The zero-order chi connectivity index (χ0) is 17.1. The van der Waals surface area contributed by atoms with Gasteiger partial charge < -0.3 is 15.0 Å². The van der Waals surface area contributed by atoms with E-state index in [1.807, 2.05) is 0 Å². The van der Waals surface area contributed by atoms with Crippen LogP contribution in [0.15, 0.2) is 17.1 Å². The molecule has 0 aliphatic carbocycles. The number of aliphatic hydroxyl groups is 1.